The van der Waals surface area contributed by atoms with Gasteiger partial charge in [-0.05, 0) is 12.2 Å². The minimum absolute atomic E-state index is 0.0297. The Labute approximate surface area is 58.9 Å². The molecule has 0 spiro atoms. The van der Waals surface area contributed by atoms with Crippen LogP contribution < -0.4 is 0 Å². The SMILES string of the molecule is C=CC1(C=C)OOCC1=O. The Morgan fingerprint density at radius 3 is 2.30 bits per heavy atom. The quantitative estimate of drug-likeness (QED) is 0.417. The third kappa shape index (κ3) is 0.798. The number of ketones is 1. The molecule has 0 bridgehead atoms. The molecule has 0 N–H and O–H groups in total. The summed E-state index contributed by atoms with van der Waals surface area (Å²) in [6.07, 6.45) is 2.74. The molecule has 0 aromatic rings. The van der Waals surface area contributed by atoms with Crippen LogP contribution >= 0.6 is 0 Å². The maximum Gasteiger partial charge on any atom is 0.204 e. The zero-order valence-electron chi connectivity index (χ0n) is 5.50. The molecule has 0 amide bonds. The normalized spacial score (nSPS) is 22.6. The Kier molecular flexibility index (Phi) is 1.70. The minimum atomic E-state index is -1.10. The third-order valence-corrected chi connectivity index (χ3v) is 1.43. The molecular weight excluding hydrogens is 132 g/mol. The molecule has 0 aromatic carbocycles. The van der Waals surface area contributed by atoms with Gasteiger partial charge in [0, 0.05) is 0 Å². The Morgan fingerprint density at radius 2 is 2.10 bits per heavy atom. The van der Waals surface area contributed by atoms with Gasteiger partial charge in [0.05, 0.1) is 0 Å². The number of hydrogen-bond acceptors (Lipinski definition) is 3. The van der Waals surface area contributed by atoms with Crippen molar-refractivity contribution >= 4 is 5.78 Å². The number of carbonyl (C=O) groups is 1. The molecule has 10 heavy (non-hydrogen) atoms. The van der Waals surface area contributed by atoms with Crippen LogP contribution in [-0.2, 0) is 14.6 Å². The second-order valence-corrected chi connectivity index (χ2v) is 1.97. The smallest absolute Gasteiger partial charge is 0.204 e. The van der Waals surface area contributed by atoms with Crippen LogP contribution in [0.1, 0.15) is 0 Å². The first-order chi connectivity index (χ1) is 4.75. The van der Waals surface area contributed by atoms with Crippen LogP contribution in [0.5, 0.6) is 0 Å². The first kappa shape index (κ1) is 7.18. The Morgan fingerprint density at radius 1 is 1.50 bits per heavy atom. The van der Waals surface area contributed by atoms with E-state index in [1.807, 2.05) is 0 Å². The lowest BCUT2D eigenvalue weighted by Gasteiger charge is -2.12. The number of hydrogen-bond donors (Lipinski definition) is 0. The summed E-state index contributed by atoms with van der Waals surface area (Å²) in [7, 11) is 0. The summed E-state index contributed by atoms with van der Waals surface area (Å²) >= 11 is 0. The van der Waals surface area contributed by atoms with Gasteiger partial charge in [-0.1, -0.05) is 13.2 Å². The van der Waals surface area contributed by atoms with Gasteiger partial charge in [0.25, 0.3) is 0 Å². The van der Waals surface area contributed by atoms with Crippen molar-refractivity contribution < 1.29 is 14.6 Å². The monoisotopic (exact) mass is 140 g/mol. The van der Waals surface area contributed by atoms with Gasteiger partial charge >= 0.3 is 0 Å². The van der Waals surface area contributed by atoms with Crippen molar-refractivity contribution in [2.75, 3.05) is 6.61 Å². The van der Waals surface area contributed by atoms with Gasteiger partial charge < -0.3 is 0 Å². The van der Waals surface area contributed by atoms with E-state index in [4.69, 9.17) is 0 Å². The molecule has 0 atom stereocenters. The minimum Gasteiger partial charge on any atom is -0.293 e. The second-order valence-electron chi connectivity index (χ2n) is 1.97. The largest absolute Gasteiger partial charge is 0.293 e. The van der Waals surface area contributed by atoms with E-state index in [2.05, 4.69) is 22.9 Å². The molecule has 1 heterocycles. The molecule has 0 unspecified atom stereocenters. The molecule has 0 aliphatic carbocycles. The Hall–Kier alpha value is -0.930. The summed E-state index contributed by atoms with van der Waals surface area (Å²) in [6.45, 7) is 6.85. The van der Waals surface area contributed by atoms with Crippen molar-refractivity contribution in [3.05, 3.63) is 25.3 Å². The summed E-state index contributed by atoms with van der Waals surface area (Å²) < 4.78 is 0. The molecule has 54 valence electrons. The van der Waals surface area contributed by atoms with E-state index in [9.17, 15) is 4.79 Å². The van der Waals surface area contributed by atoms with Gasteiger partial charge in [-0.25, -0.2) is 9.78 Å². The summed E-state index contributed by atoms with van der Waals surface area (Å²) in [4.78, 5) is 20.1. The van der Waals surface area contributed by atoms with Gasteiger partial charge in [0.1, 0.15) is 6.61 Å². The molecule has 1 rings (SSSR count). The van der Waals surface area contributed by atoms with Crippen LogP contribution in [0.15, 0.2) is 25.3 Å². The zero-order chi connectivity index (χ0) is 7.61. The predicted octanol–water partition coefficient (Wildman–Crippen LogP) is 0.628. The van der Waals surface area contributed by atoms with Crippen LogP contribution in [0, 0.1) is 0 Å². The molecule has 1 fully saturated rings. The molecule has 0 saturated carbocycles. The first-order valence-electron chi connectivity index (χ1n) is 2.86. The van der Waals surface area contributed by atoms with Crippen LogP contribution in [0.2, 0.25) is 0 Å². The molecule has 1 aliphatic heterocycles. The highest BCUT2D eigenvalue weighted by Crippen LogP contribution is 2.21. The van der Waals surface area contributed by atoms with Crippen molar-refractivity contribution in [2.45, 2.75) is 5.60 Å². The standard InChI is InChI=1S/C7H8O3/c1-3-7(4-2)6(8)5-9-10-7/h3-4H,1-2,5H2. The van der Waals surface area contributed by atoms with E-state index in [1.165, 1.54) is 12.2 Å². The summed E-state index contributed by atoms with van der Waals surface area (Å²) in [6, 6.07) is 0. The summed E-state index contributed by atoms with van der Waals surface area (Å²) in [5.74, 6) is -0.169. The van der Waals surface area contributed by atoms with Crippen molar-refractivity contribution in [1.82, 2.24) is 0 Å². The van der Waals surface area contributed by atoms with Crippen molar-refractivity contribution in [2.24, 2.45) is 0 Å². The van der Waals surface area contributed by atoms with Gasteiger partial charge in [-0.15, -0.1) is 0 Å². The van der Waals surface area contributed by atoms with E-state index < -0.39 is 5.60 Å². The van der Waals surface area contributed by atoms with E-state index in [0.717, 1.165) is 0 Å². The lowest BCUT2D eigenvalue weighted by molar-refractivity contribution is -0.284. The average Bonchev–Trinajstić information content (AvgIpc) is 2.32. The second kappa shape index (κ2) is 2.36. The lowest BCUT2D eigenvalue weighted by atomic mass is 10.0. The van der Waals surface area contributed by atoms with E-state index in [1.54, 1.807) is 0 Å². The third-order valence-electron chi connectivity index (χ3n) is 1.43. The highest BCUT2D eigenvalue weighted by atomic mass is 17.2. The molecule has 3 heteroatoms. The van der Waals surface area contributed by atoms with E-state index in [-0.39, 0.29) is 12.4 Å². The van der Waals surface area contributed by atoms with Gasteiger partial charge in [0.2, 0.25) is 5.78 Å². The topological polar surface area (TPSA) is 35.5 Å². The number of rotatable bonds is 2. The Bertz CT molecular complexity index is 175. The van der Waals surface area contributed by atoms with E-state index in [0.29, 0.717) is 0 Å². The van der Waals surface area contributed by atoms with Crippen molar-refractivity contribution in [1.29, 1.82) is 0 Å². The highest BCUT2D eigenvalue weighted by molar-refractivity contribution is 5.93. The maximum atomic E-state index is 11.0. The van der Waals surface area contributed by atoms with Crippen LogP contribution in [0.25, 0.3) is 0 Å². The van der Waals surface area contributed by atoms with E-state index >= 15 is 0 Å². The molecule has 0 radical (unpaired) electrons. The number of Topliss-reactive ketones (excluding diaryl/α,β-unsaturated/α-hetero) is 1. The summed E-state index contributed by atoms with van der Waals surface area (Å²) in [5.41, 5.74) is -1.10. The first-order valence-corrected chi connectivity index (χ1v) is 2.86. The molecule has 1 aliphatic rings. The van der Waals surface area contributed by atoms with Crippen molar-refractivity contribution in [3.8, 4) is 0 Å². The lowest BCUT2D eigenvalue weighted by Crippen LogP contribution is -2.30. The fraction of sp³-hybridized carbons (Fsp3) is 0.286. The Balaban J connectivity index is 2.91. The molecule has 0 aromatic heterocycles. The van der Waals surface area contributed by atoms with Crippen LogP contribution in [0.4, 0.5) is 0 Å². The zero-order valence-corrected chi connectivity index (χ0v) is 5.50. The van der Waals surface area contributed by atoms with Crippen LogP contribution in [0.3, 0.4) is 0 Å². The molecule has 3 nitrogen and oxygen atoms in total. The van der Waals surface area contributed by atoms with Crippen molar-refractivity contribution in [3.63, 3.8) is 0 Å². The fourth-order valence-electron chi connectivity index (χ4n) is 0.719. The molecule has 1 saturated heterocycles. The van der Waals surface area contributed by atoms with Gasteiger partial charge in [-0.3, -0.25) is 4.79 Å². The summed E-state index contributed by atoms with van der Waals surface area (Å²) in [5, 5.41) is 0. The fourth-order valence-corrected chi connectivity index (χ4v) is 0.719. The maximum absolute atomic E-state index is 11.0. The van der Waals surface area contributed by atoms with Crippen LogP contribution in [-0.4, -0.2) is 18.0 Å². The predicted molar refractivity (Wildman–Crippen MR) is 35.2 cm³/mol. The van der Waals surface area contributed by atoms with Gasteiger partial charge in [-0.2, -0.15) is 0 Å². The number of carbonyl (C=O) groups excluding carboxylic acids is 1. The average molecular weight is 140 g/mol. The highest BCUT2D eigenvalue weighted by Gasteiger charge is 2.40. The van der Waals surface area contributed by atoms with Gasteiger partial charge in [0.15, 0.2) is 5.60 Å². The molecular formula is C7H8O3.